The van der Waals surface area contributed by atoms with Crippen LogP contribution in [-0.4, -0.2) is 32.3 Å². The molecule has 5 nitrogen and oxygen atoms in total. The van der Waals surface area contributed by atoms with Crippen LogP contribution in [0.1, 0.15) is 29.8 Å². The van der Waals surface area contributed by atoms with Gasteiger partial charge in [-0.15, -0.1) is 0 Å². The second-order valence-electron chi connectivity index (χ2n) is 4.80. The molecule has 6 heteroatoms. The fourth-order valence-corrected chi connectivity index (χ4v) is 2.37. The normalized spacial score (nSPS) is 11.2. The minimum absolute atomic E-state index is 0.0576. The predicted molar refractivity (Wildman–Crippen MR) is 78.9 cm³/mol. The number of hydrogen-bond acceptors (Lipinski definition) is 3. The Morgan fingerprint density at radius 2 is 2.00 bits per heavy atom. The van der Waals surface area contributed by atoms with Crippen LogP contribution in [0.25, 0.3) is 0 Å². The van der Waals surface area contributed by atoms with Crippen LogP contribution in [-0.2, 0) is 10.0 Å². The van der Waals surface area contributed by atoms with Gasteiger partial charge in [0.15, 0.2) is 0 Å². The van der Waals surface area contributed by atoms with Gasteiger partial charge >= 0.3 is 0 Å². The number of primary sulfonamides is 1. The van der Waals surface area contributed by atoms with Gasteiger partial charge in [-0.1, -0.05) is 18.2 Å². The molecule has 0 bridgehead atoms. The van der Waals surface area contributed by atoms with E-state index < -0.39 is 10.0 Å². The zero-order valence-corrected chi connectivity index (χ0v) is 12.8. The molecule has 0 aliphatic heterocycles. The monoisotopic (exact) mass is 296 g/mol. The van der Waals surface area contributed by atoms with E-state index in [1.807, 2.05) is 13.8 Å². The molecule has 0 atom stereocenters. The van der Waals surface area contributed by atoms with Gasteiger partial charge in [0, 0.05) is 18.7 Å². The highest BCUT2D eigenvalue weighted by Crippen LogP contribution is 2.17. The fourth-order valence-electron chi connectivity index (χ4n) is 1.83. The first-order chi connectivity index (χ1) is 9.16. The van der Waals surface area contributed by atoms with Crippen LogP contribution < -0.4 is 5.14 Å². The number of rotatable bonds is 5. The highest BCUT2D eigenvalue weighted by Gasteiger charge is 2.19. The van der Waals surface area contributed by atoms with Gasteiger partial charge in [0.2, 0.25) is 10.0 Å². The minimum Gasteiger partial charge on any atom is -0.335 e. The second-order valence-corrected chi connectivity index (χ2v) is 6.36. The zero-order chi connectivity index (χ0) is 15.5. The van der Waals surface area contributed by atoms with E-state index in [1.54, 1.807) is 17.9 Å². The van der Waals surface area contributed by atoms with E-state index in [0.29, 0.717) is 24.2 Å². The molecule has 1 aromatic rings. The van der Waals surface area contributed by atoms with Crippen LogP contribution in [0, 0.1) is 6.92 Å². The van der Waals surface area contributed by atoms with E-state index in [2.05, 4.69) is 6.58 Å². The smallest absolute Gasteiger partial charge is 0.254 e. The second kappa shape index (κ2) is 6.19. The number of sulfonamides is 1. The summed E-state index contributed by atoms with van der Waals surface area (Å²) < 4.78 is 22.7. The van der Waals surface area contributed by atoms with Crippen molar-refractivity contribution >= 4 is 15.9 Å². The number of likely N-dealkylation sites (N-methyl/N-ethyl adjacent to an activating group) is 1. The van der Waals surface area contributed by atoms with Gasteiger partial charge < -0.3 is 4.90 Å². The molecule has 20 heavy (non-hydrogen) atoms. The Morgan fingerprint density at radius 1 is 1.40 bits per heavy atom. The SMILES string of the molecule is C=C(C)CN(CC)C(=O)c1cc(S(N)(=O)=O)ccc1C. The molecule has 110 valence electrons. The number of carbonyl (C=O) groups excluding carboxylic acids is 1. The van der Waals surface area contributed by atoms with Crippen LogP contribution in [0.15, 0.2) is 35.2 Å². The Labute approximate surface area is 120 Å². The van der Waals surface area contributed by atoms with Gasteiger partial charge in [-0.25, -0.2) is 13.6 Å². The summed E-state index contributed by atoms with van der Waals surface area (Å²) in [7, 11) is -3.82. The van der Waals surface area contributed by atoms with E-state index >= 15 is 0 Å². The number of carbonyl (C=O) groups is 1. The van der Waals surface area contributed by atoms with Crippen LogP contribution in [0.3, 0.4) is 0 Å². The summed E-state index contributed by atoms with van der Waals surface area (Å²) in [6, 6.07) is 4.31. The van der Waals surface area contributed by atoms with Gasteiger partial charge in [-0.05, 0) is 38.5 Å². The van der Waals surface area contributed by atoms with Gasteiger partial charge in [-0.2, -0.15) is 0 Å². The Balaban J connectivity index is 3.24. The molecule has 1 aromatic carbocycles. The van der Waals surface area contributed by atoms with E-state index in [9.17, 15) is 13.2 Å². The lowest BCUT2D eigenvalue weighted by Gasteiger charge is -2.22. The van der Waals surface area contributed by atoms with Crippen LogP contribution in [0.4, 0.5) is 0 Å². The van der Waals surface area contributed by atoms with Crippen LogP contribution in [0.5, 0.6) is 0 Å². The zero-order valence-electron chi connectivity index (χ0n) is 12.0. The van der Waals surface area contributed by atoms with Crippen molar-refractivity contribution in [3.05, 3.63) is 41.5 Å². The molecule has 0 aliphatic rings. The largest absolute Gasteiger partial charge is 0.335 e. The fraction of sp³-hybridized carbons (Fsp3) is 0.357. The maximum Gasteiger partial charge on any atom is 0.254 e. The molecular weight excluding hydrogens is 276 g/mol. The summed E-state index contributed by atoms with van der Waals surface area (Å²) in [6.07, 6.45) is 0. The van der Waals surface area contributed by atoms with Crippen LogP contribution >= 0.6 is 0 Å². The highest BCUT2D eigenvalue weighted by atomic mass is 32.2. The summed E-state index contributed by atoms with van der Waals surface area (Å²) >= 11 is 0. The highest BCUT2D eigenvalue weighted by molar-refractivity contribution is 7.89. The van der Waals surface area contributed by atoms with E-state index in [4.69, 9.17) is 5.14 Å². The lowest BCUT2D eigenvalue weighted by Crippen LogP contribution is -2.32. The summed E-state index contributed by atoms with van der Waals surface area (Å²) in [4.78, 5) is 14.0. The Bertz CT molecular complexity index is 636. The average Bonchev–Trinajstić information content (AvgIpc) is 2.34. The van der Waals surface area contributed by atoms with E-state index in [-0.39, 0.29) is 10.8 Å². The van der Waals surface area contributed by atoms with Crippen molar-refractivity contribution in [3.63, 3.8) is 0 Å². The molecule has 0 fully saturated rings. The molecule has 2 N–H and O–H groups in total. The summed E-state index contributed by atoms with van der Waals surface area (Å²) in [5.74, 6) is -0.224. The maximum atomic E-state index is 12.5. The van der Waals surface area contributed by atoms with Gasteiger partial charge in [-0.3, -0.25) is 4.79 Å². The third-order valence-corrected chi connectivity index (χ3v) is 3.81. The molecule has 0 saturated heterocycles. The lowest BCUT2D eigenvalue weighted by molar-refractivity contribution is 0.0777. The van der Waals surface area contributed by atoms with Crippen molar-refractivity contribution in [2.75, 3.05) is 13.1 Å². The molecule has 0 spiro atoms. The molecule has 1 rings (SSSR count). The van der Waals surface area contributed by atoms with Crippen molar-refractivity contribution in [3.8, 4) is 0 Å². The molecular formula is C14H20N2O3S. The summed E-state index contributed by atoms with van der Waals surface area (Å²) in [5.41, 5.74) is 1.92. The third-order valence-electron chi connectivity index (χ3n) is 2.90. The molecule has 0 aromatic heterocycles. The first-order valence-electron chi connectivity index (χ1n) is 6.24. The number of hydrogen-bond donors (Lipinski definition) is 1. The number of nitrogens with zero attached hydrogens (tertiary/aromatic N) is 1. The first kappa shape index (κ1) is 16.4. The standard InChI is InChI=1S/C14H20N2O3S/c1-5-16(9-10(2)3)14(17)13-8-12(20(15,18)19)7-6-11(13)4/h6-8H,2,5,9H2,1,3-4H3,(H2,15,18,19). The lowest BCUT2D eigenvalue weighted by atomic mass is 10.1. The summed E-state index contributed by atoms with van der Waals surface area (Å²) in [6.45, 7) is 10.2. The van der Waals surface area contributed by atoms with Crippen molar-refractivity contribution in [2.45, 2.75) is 25.7 Å². The minimum atomic E-state index is -3.82. The van der Waals surface area contributed by atoms with Gasteiger partial charge in [0.05, 0.1) is 4.90 Å². The third kappa shape index (κ3) is 3.91. The van der Waals surface area contributed by atoms with E-state index in [0.717, 1.165) is 5.57 Å². The maximum absolute atomic E-state index is 12.5. The Kier molecular flexibility index (Phi) is 5.08. The molecule has 0 saturated carbocycles. The molecule has 0 aliphatic carbocycles. The number of aryl methyl sites for hydroxylation is 1. The quantitative estimate of drug-likeness (QED) is 0.839. The van der Waals surface area contributed by atoms with Crippen molar-refractivity contribution in [1.29, 1.82) is 0 Å². The van der Waals surface area contributed by atoms with Gasteiger partial charge in [0.1, 0.15) is 0 Å². The first-order valence-corrected chi connectivity index (χ1v) is 7.78. The number of nitrogens with two attached hydrogens (primary N) is 1. The molecule has 0 unspecified atom stereocenters. The molecule has 1 amide bonds. The molecule has 0 heterocycles. The topological polar surface area (TPSA) is 80.5 Å². The van der Waals surface area contributed by atoms with Crippen LogP contribution in [0.2, 0.25) is 0 Å². The molecule has 0 radical (unpaired) electrons. The Hall–Kier alpha value is -1.66. The van der Waals surface area contributed by atoms with E-state index in [1.165, 1.54) is 12.1 Å². The van der Waals surface area contributed by atoms with Crippen molar-refractivity contribution in [1.82, 2.24) is 4.90 Å². The number of benzene rings is 1. The van der Waals surface area contributed by atoms with Gasteiger partial charge in [0.25, 0.3) is 5.91 Å². The number of amides is 1. The average molecular weight is 296 g/mol. The summed E-state index contributed by atoms with van der Waals surface area (Å²) in [5, 5.41) is 5.10. The predicted octanol–water partition coefficient (Wildman–Crippen LogP) is 1.68. The van der Waals surface area contributed by atoms with Crippen molar-refractivity contribution < 1.29 is 13.2 Å². The Morgan fingerprint density at radius 3 is 2.45 bits per heavy atom. The van der Waals surface area contributed by atoms with Crippen molar-refractivity contribution in [2.24, 2.45) is 5.14 Å².